The summed E-state index contributed by atoms with van der Waals surface area (Å²) in [4.78, 5) is 2.61. The van der Waals surface area contributed by atoms with Crippen LogP contribution < -0.4 is 10.1 Å². The van der Waals surface area contributed by atoms with Gasteiger partial charge in [0.05, 0.1) is 22.6 Å². The molecule has 1 unspecified atom stereocenters. The number of hydrogen-bond acceptors (Lipinski definition) is 3. The van der Waals surface area contributed by atoms with Gasteiger partial charge < -0.3 is 13.7 Å². The maximum absolute atomic E-state index is 6.59. The molecule has 0 fully saturated rings. The third-order valence-electron chi connectivity index (χ3n) is 12.3. The maximum Gasteiger partial charge on any atom is 0.136 e. The van der Waals surface area contributed by atoms with Crippen molar-refractivity contribution in [2.45, 2.75) is 12.5 Å². The van der Waals surface area contributed by atoms with Crippen LogP contribution in [0.15, 0.2) is 174 Å². The molecule has 0 amide bonds. The summed E-state index contributed by atoms with van der Waals surface area (Å²) in [5.41, 5.74) is 11.8. The van der Waals surface area contributed by atoms with E-state index in [1.54, 1.807) is 0 Å². The molecule has 0 saturated carbocycles. The van der Waals surface area contributed by atoms with Crippen LogP contribution in [0.2, 0.25) is 0 Å². The number of para-hydroxylation sites is 2. The minimum atomic E-state index is 0.0421. The van der Waals surface area contributed by atoms with Crippen LogP contribution in [0, 0.1) is 0 Å². The molecule has 13 rings (SSSR count). The number of benzene rings is 8. The van der Waals surface area contributed by atoms with Gasteiger partial charge in [0.2, 0.25) is 0 Å². The number of rotatable bonds is 4. The molecule has 3 nitrogen and oxygen atoms in total. The number of pyridine rings is 1. The summed E-state index contributed by atoms with van der Waals surface area (Å²) in [7, 11) is 0. The van der Waals surface area contributed by atoms with Gasteiger partial charge in [0.1, 0.15) is 11.2 Å². The molecule has 0 radical (unpaired) electrons. The van der Waals surface area contributed by atoms with E-state index in [-0.39, 0.29) is 6.04 Å². The lowest BCUT2D eigenvalue weighted by Crippen LogP contribution is -2.28. The smallest absolute Gasteiger partial charge is 0.136 e. The summed E-state index contributed by atoms with van der Waals surface area (Å²) < 4.78 is 11.8. The van der Waals surface area contributed by atoms with Gasteiger partial charge in [0.15, 0.2) is 0 Å². The van der Waals surface area contributed by atoms with E-state index < -0.39 is 0 Å². The van der Waals surface area contributed by atoms with E-state index in [9.17, 15) is 0 Å². The van der Waals surface area contributed by atoms with Gasteiger partial charge in [0, 0.05) is 63.9 Å². The standard InChI is InChI=1S/C52H32N2OS/c1-2-11-31(12-3-1)32-21-23-33(24-22-32)53(34-25-28-48-40(29-34)35-13-6-9-20-47(35)56-48)44-27-26-36-41-30-46-50(38-15-5-8-19-45(38)55-46)39-16-10-18-43(49(39)41)54-42-17-7-4-14-37(42)51(44)52(36)54/h1-26,28-30,44H,27H2. The second-order valence-corrected chi connectivity index (χ2v) is 16.2. The summed E-state index contributed by atoms with van der Waals surface area (Å²) >= 11 is 1.87. The van der Waals surface area contributed by atoms with Gasteiger partial charge in [-0.25, -0.2) is 0 Å². The number of hydrogen-bond donors (Lipinski definition) is 0. The van der Waals surface area contributed by atoms with Crippen molar-refractivity contribution in [3.8, 4) is 11.1 Å². The average molecular weight is 733 g/mol. The number of nitrogens with zero attached hydrogens (tertiary/aromatic N) is 2. The Kier molecular flexibility index (Phi) is 6.16. The predicted molar refractivity (Wildman–Crippen MR) is 238 cm³/mol. The number of fused-ring (bicyclic) bond motifs is 12. The third-order valence-corrected chi connectivity index (χ3v) is 13.4. The molecule has 0 spiro atoms. The lowest BCUT2D eigenvalue weighted by atomic mass is 9.90. The summed E-state index contributed by atoms with van der Waals surface area (Å²) in [5.74, 6) is 0. The second-order valence-electron chi connectivity index (χ2n) is 15.1. The van der Waals surface area contributed by atoms with Gasteiger partial charge in [-0.15, -0.1) is 11.3 Å². The lowest BCUT2D eigenvalue weighted by molar-refractivity contribution is 0.669. The highest BCUT2D eigenvalue weighted by Gasteiger charge is 2.32. The van der Waals surface area contributed by atoms with Crippen molar-refractivity contribution in [1.29, 1.82) is 0 Å². The van der Waals surface area contributed by atoms with Gasteiger partial charge in [-0.2, -0.15) is 0 Å². The topological polar surface area (TPSA) is 20.8 Å². The molecule has 4 heterocycles. The third kappa shape index (κ3) is 4.11. The summed E-state index contributed by atoms with van der Waals surface area (Å²) in [6, 6.07) is 62.4. The normalized spacial score (nSPS) is 14.3. The number of aromatic nitrogens is 1. The Hall–Kier alpha value is -6.88. The molecule has 12 aromatic rings. The highest BCUT2D eigenvalue weighted by atomic mass is 32.1. The quantitative estimate of drug-likeness (QED) is 0.180. The van der Waals surface area contributed by atoms with E-state index in [1.165, 1.54) is 96.9 Å². The number of furan rings is 1. The fraction of sp³-hybridized carbons (Fsp3) is 0.0385. The van der Waals surface area contributed by atoms with Crippen molar-refractivity contribution in [2.75, 3.05) is 4.90 Å². The summed E-state index contributed by atoms with van der Waals surface area (Å²) in [6.07, 6.45) is 3.35. The minimum Gasteiger partial charge on any atom is -0.456 e. The largest absolute Gasteiger partial charge is 0.456 e. The first-order valence-electron chi connectivity index (χ1n) is 19.4. The zero-order valence-electron chi connectivity index (χ0n) is 30.2. The highest BCUT2D eigenvalue weighted by molar-refractivity contribution is 7.25. The van der Waals surface area contributed by atoms with Crippen molar-refractivity contribution in [2.24, 2.45) is 0 Å². The molecule has 0 N–H and O–H groups in total. The van der Waals surface area contributed by atoms with Crippen molar-refractivity contribution in [3.63, 3.8) is 0 Å². The Morgan fingerprint density at radius 2 is 1.20 bits per heavy atom. The van der Waals surface area contributed by atoms with Crippen molar-refractivity contribution in [3.05, 3.63) is 181 Å². The molecule has 4 aromatic heterocycles. The van der Waals surface area contributed by atoms with Crippen LogP contribution in [0.3, 0.4) is 0 Å². The van der Waals surface area contributed by atoms with Crippen molar-refractivity contribution < 1.29 is 4.42 Å². The first-order chi connectivity index (χ1) is 27.8. The molecule has 1 atom stereocenters. The summed E-state index contributed by atoms with van der Waals surface area (Å²) in [6.45, 7) is 0. The molecule has 4 heteroatoms. The van der Waals surface area contributed by atoms with E-state index >= 15 is 0 Å². The molecule has 262 valence electrons. The van der Waals surface area contributed by atoms with E-state index in [0.29, 0.717) is 0 Å². The fourth-order valence-electron chi connectivity index (χ4n) is 9.93. The van der Waals surface area contributed by atoms with Gasteiger partial charge >= 0.3 is 0 Å². The molecule has 1 aliphatic carbocycles. The van der Waals surface area contributed by atoms with Gasteiger partial charge in [-0.1, -0.05) is 115 Å². The van der Waals surface area contributed by atoms with Crippen LogP contribution in [0.25, 0.3) is 97.4 Å². The molecule has 56 heavy (non-hydrogen) atoms. The van der Waals surface area contributed by atoms with Gasteiger partial charge in [-0.3, -0.25) is 0 Å². The van der Waals surface area contributed by atoms with Crippen LogP contribution in [-0.2, 0) is 0 Å². The first kappa shape index (κ1) is 30.4. The van der Waals surface area contributed by atoms with Crippen molar-refractivity contribution in [1.82, 2.24) is 4.40 Å². The zero-order valence-corrected chi connectivity index (χ0v) is 31.1. The Morgan fingerprint density at radius 1 is 0.500 bits per heavy atom. The molecule has 0 bridgehead atoms. The SMILES string of the molecule is C1=c2c3cc4oc5ccccc5c4c4cccc(c34)n3c2c(c2ccccc23)C(N(c2ccc(-c3ccccc3)cc2)c2ccc3sc4ccccc4c3c2)C1. The van der Waals surface area contributed by atoms with Gasteiger partial charge in [-0.05, 0) is 89.0 Å². The fourth-order valence-corrected chi connectivity index (χ4v) is 11.0. The van der Waals surface area contributed by atoms with Crippen LogP contribution in [0.5, 0.6) is 0 Å². The Labute approximate surface area is 325 Å². The average Bonchev–Trinajstić information content (AvgIpc) is 3.94. The van der Waals surface area contributed by atoms with E-state index in [4.69, 9.17) is 4.42 Å². The first-order valence-corrected chi connectivity index (χ1v) is 20.2. The Morgan fingerprint density at radius 3 is 2.09 bits per heavy atom. The van der Waals surface area contributed by atoms with E-state index in [0.717, 1.165) is 23.0 Å². The van der Waals surface area contributed by atoms with Gasteiger partial charge in [0.25, 0.3) is 0 Å². The molecular formula is C52H32N2OS. The molecular weight excluding hydrogens is 701 g/mol. The molecule has 0 saturated heterocycles. The van der Waals surface area contributed by atoms with Crippen LogP contribution in [0.1, 0.15) is 18.0 Å². The summed E-state index contributed by atoms with van der Waals surface area (Å²) in [5, 5.41) is 11.3. The van der Waals surface area contributed by atoms with E-state index in [1.807, 2.05) is 11.3 Å². The number of thiophene rings is 1. The monoisotopic (exact) mass is 732 g/mol. The highest BCUT2D eigenvalue weighted by Crippen LogP contribution is 2.48. The predicted octanol–water partition coefficient (Wildman–Crippen LogP) is 14.1. The molecule has 8 aromatic carbocycles. The lowest BCUT2D eigenvalue weighted by Gasteiger charge is -2.35. The van der Waals surface area contributed by atoms with Crippen molar-refractivity contribution >= 4 is 109 Å². The maximum atomic E-state index is 6.59. The Balaban J connectivity index is 1.11. The van der Waals surface area contributed by atoms with Crippen LogP contribution in [-0.4, -0.2) is 4.40 Å². The van der Waals surface area contributed by atoms with E-state index in [2.05, 4.69) is 185 Å². The minimum absolute atomic E-state index is 0.0421. The zero-order chi connectivity index (χ0) is 36.5. The molecule has 1 aliphatic rings. The second kappa shape index (κ2) is 11.3. The Bertz CT molecular complexity index is 3630. The number of anilines is 2. The van der Waals surface area contributed by atoms with Crippen LogP contribution in [0.4, 0.5) is 11.4 Å². The molecule has 0 aliphatic heterocycles. The van der Waals surface area contributed by atoms with Crippen LogP contribution >= 0.6 is 11.3 Å².